The molecule has 0 saturated heterocycles. The Kier molecular flexibility index (Phi) is 18.3. The zero-order valence-electron chi connectivity index (χ0n) is 10.4. The van der Waals surface area contributed by atoms with E-state index in [0.717, 1.165) is 0 Å². The fourth-order valence-corrected chi connectivity index (χ4v) is 0.391. The summed E-state index contributed by atoms with van der Waals surface area (Å²) >= 11 is 0. The van der Waals surface area contributed by atoms with Crippen molar-refractivity contribution < 1.29 is 29.4 Å². The van der Waals surface area contributed by atoms with Crippen molar-refractivity contribution in [1.82, 2.24) is 0 Å². The van der Waals surface area contributed by atoms with Crippen LogP contribution < -0.4 is 22.9 Å². The maximum Gasteiger partial charge on any atom is 0.303 e. The number of carboxylic acids is 2. The molecule has 0 spiro atoms. The van der Waals surface area contributed by atoms with Crippen molar-refractivity contribution in [2.24, 2.45) is 22.9 Å². The largest absolute Gasteiger partial charge is 0.481 e. The van der Waals surface area contributed by atoms with E-state index in [0.29, 0.717) is 0 Å². The average molecular weight is 280 g/mol. The van der Waals surface area contributed by atoms with E-state index in [2.05, 4.69) is 11.5 Å². The minimum atomic E-state index is -0.948. The van der Waals surface area contributed by atoms with Gasteiger partial charge in [-0.05, 0) is 6.42 Å². The Bertz CT molecular complexity index is 266. The Labute approximate surface area is 109 Å². The van der Waals surface area contributed by atoms with Crippen LogP contribution in [0.2, 0.25) is 0 Å². The number of nitrogens with two attached hydrogens (primary N) is 4. The van der Waals surface area contributed by atoms with E-state index < -0.39 is 23.8 Å². The fraction of sp³-hybridized carbons (Fsp3) is 0.556. The minimum Gasteiger partial charge on any atom is -0.481 e. The number of amides is 2. The predicted molar refractivity (Wildman–Crippen MR) is 65.6 cm³/mol. The third kappa shape index (κ3) is 49.5. The van der Waals surface area contributed by atoms with Crippen LogP contribution in [0.25, 0.3) is 0 Å². The molecule has 0 rings (SSSR count). The topological polar surface area (TPSA) is 213 Å². The lowest BCUT2D eigenvalue weighted by molar-refractivity contribution is -0.138. The third-order valence-corrected chi connectivity index (χ3v) is 1.18. The van der Waals surface area contributed by atoms with E-state index >= 15 is 0 Å². The highest BCUT2D eigenvalue weighted by atomic mass is 16.4. The number of carbonyl (C=O) groups is 4. The zero-order valence-corrected chi connectivity index (χ0v) is 10.4. The Balaban J connectivity index is -0.000000219. The van der Waals surface area contributed by atoms with Crippen molar-refractivity contribution in [1.29, 1.82) is 0 Å². The minimum absolute atomic E-state index is 0.0556. The molecule has 0 radical (unpaired) electrons. The van der Waals surface area contributed by atoms with Crippen molar-refractivity contribution in [3.05, 3.63) is 0 Å². The molecular weight excluding hydrogens is 260 g/mol. The van der Waals surface area contributed by atoms with Crippen LogP contribution in [0.15, 0.2) is 0 Å². The lowest BCUT2D eigenvalue weighted by Crippen LogP contribution is -2.21. The van der Waals surface area contributed by atoms with E-state index in [1.54, 1.807) is 0 Å². The normalized spacial score (nSPS) is 8.11. The van der Waals surface area contributed by atoms with Crippen molar-refractivity contribution in [2.75, 3.05) is 13.1 Å². The zero-order chi connectivity index (χ0) is 15.8. The molecule has 10 N–H and O–H groups in total. The Morgan fingerprint density at radius 3 is 1.05 bits per heavy atom. The molecule has 0 aromatic carbocycles. The Morgan fingerprint density at radius 1 is 0.737 bits per heavy atom. The second-order valence-corrected chi connectivity index (χ2v) is 2.98. The molecule has 0 aliphatic carbocycles. The molecule has 10 heteroatoms. The quantitative estimate of drug-likeness (QED) is 0.298. The molecule has 0 aliphatic rings. The molecule has 0 bridgehead atoms. The number of primary amides is 2. The molecular formula is C9H20N4O6. The van der Waals surface area contributed by atoms with Gasteiger partial charge in [0.05, 0.1) is 13.1 Å². The van der Waals surface area contributed by atoms with E-state index in [-0.39, 0.29) is 32.4 Å². The smallest absolute Gasteiger partial charge is 0.303 e. The van der Waals surface area contributed by atoms with Gasteiger partial charge in [-0.15, -0.1) is 0 Å². The van der Waals surface area contributed by atoms with Gasteiger partial charge in [-0.25, -0.2) is 0 Å². The van der Waals surface area contributed by atoms with Crippen LogP contribution >= 0.6 is 0 Å². The first-order valence-electron chi connectivity index (χ1n) is 5.07. The second kappa shape index (κ2) is 15.8. The number of rotatable bonds is 6. The summed E-state index contributed by atoms with van der Waals surface area (Å²) < 4.78 is 0. The number of carboxylic acid groups (broad SMARTS) is 2. The second-order valence-electron chi connectivity index (χ2n) is 2.98. The number of aliphatic carboxylic acids is 2. The molecule has 0 saturated carbocycles. The highest BCUT2D eigenvalue weighted by Gasteiger charge is 1.99. The summed E-state index contributed by atoms with van der Waals surface area (Å²) in [6.07, 6.45) is 0.0866. The highest BCUT2D eigenvalue weighted by molar-refractivity contribution is 5.75. The first kappa shape index (κ1) is 22.0. The van der Waals surface area contributed by atoms with Crippen molar-refractivity contribution in [3.8, 4) is 0 Å². The summed E-state index contributed by atoms with van der Waals surface area (Å²) in [4.78, 5) is 38.5. The molecule has 2 amide bonds. The van der Waals surface area contributed by atoms with Gasteiger partial charge in [-0.3, -0.25) is 19.2 Å². The van der Waals surface area contributed by atoms with E-state index in [1.165, 1.54) is 0 Å². The molecule has 112 valence electrons. The van der Waals surface area contributed by atoms with E-state index in [4.69, 9.17) is 21.7 Å². The Morgan fingerprint density at radius 2 is 0.947 bits per heavy atom. The van der Waals surface area contributed by atoms with Crippen molar-refractivity contribution in [2.45, 2.75) is 19.3 Å². The van der Waals surface area contributed by atoms with Crippen molar-refractivity contribution >= 4 is 23.8 Å². The first-order chi connectivity index (χ1) is 8.67. The molecule has 0 aromatic rings. The lowest BCUT2D eigenvalue weighted by atomic mass is 10.2. The van der Waals surface area contributed by atoms with Crippen LogP contribution in [-0.4, -0.2) is 47.1 Å². The molecule has 0 unspecified atom stereocenters. The third-order valence-electron chi connectivity index (χ3n) is 1.18. The molecule has 0 atom stereocenters. The van der Waals surface area contributed by atoms with Gasteiger partial charge in [-0.2, -0.15) is 0 Å². The van der Waals surface area contributed by atoms with Gasteiger partial charge in [0.15, 0.2) is 0 Å². The standard InChI is InChI=1S/C5H8O4.2C2H6N2O/c6-4(7)2-1-3-5(8)9;2*3-1-2(4)5/h1-3H2,(H,6,7)(H,8,9);2*1,3H2,(H2,4,5). The van der Waals surface area contributed by atoms with Gasteiger partial charge < -0.3 is 33.1 Å². The summed E-state index contributed by atoms with van der Waals surface area (Å²) in [7, 11) is 0. The maximum atomic E-state index is 9.79. The van der Waals surface area contributed by atoms with Gasteiger partial charge in [-0.1, -0.05) is 0 Å². The average Bonchev–Trinajstić information content (AvgIpc) is 2.29. The highest BCUT2D eigenvalue weighted by Crippen LogP contribution is 1.93. The predicted octanol–water partition coefficient (Wildman–Crippen LogP) is -2.81. The van der Waals surface area contributed by atoms with Crippen LogP contribution in [0.5, 0.6) is 0 Å². The SMILES string of the molecule is NCC(N)=O.NCC(N)=O.O=C(O)CCCC(=O)O. The van der Waals surface area contributed by atoms with Crippen LogP contribution in [-0.2, 0) is 19.2 Å². The van der Waals surface area contributed by atoms with Gasteiger partial charge in [0.1, 0.15) is 0 Å². The Hall–Kier alpha value is -2.20. The monoisotopic (exact) mass is 280 g/mol. The fourth-order valence-electron chi connectivity index (χ4n) is 0.391. The summed E-state index contributed by atoms with van der Waals surface area (Å²) in [6.45, 7) is -0.111. The van der Waals surface area contributed by atoms with Crippen LogP contribution in [0.1, 0.15) is 19.3 Å². The lowest BCUT2D eigenvalue weighted by Gasteiger charge is -1.89. The van der Waals surface area contributed by atoms with Crippen LogP contribution in [0.4, 0.5) is 0 Å². The van der Waals surface area contributed by atoms with Crippen LogP contribution in [0.3, 0.4) is 0 Å². The van der Waals surface area contributed by atoms with Crippen molar-refractivity contribution in [3.63, 3.8) is 0 Å². The number of hydrogen-bond acceptors (Lipinski definition) is 6. The number of carbonyl (C=O) groups excluding carboxylic acids is 2. The molecule has 10 nitrogen and oxygen atoms in total. The van der Waals surface area contributed by atoms with Crippen LogP contribution in [0, 0.1) is 0 Å². The number of hydrogen-bond donors (Lipinski definition) is 6. The first-order valence-corrected chi connectivity index (χ1v) is 5.07. The summed E-state index contributed by atoms with van der Waals surface area (Å²) in [5.41, 5.74) is 18.4. The van der Waals surface area contributed by atoms with Gasteiger partial charge in [0.25, 0.3) is 0 Å². The maximum absolute atomic E-state index is 9.79. The van der Waals surface area contributed by atoms with E-state index in [1.807, 2.05) is 0 Å². The molecule has 19 heavy (non-hydrogen) atoms. The summed E-state index contributed by atoms with van der Waals surface area (Å²) in [6, 6.07) is 0. The molecule has 0 fully saturated rings. The van der Waals surface area contributed by atoms with E-state index in [9.17, 15) is 19.2 Å². The van der Waals surface area contributed by atoms with Gasteiger partial charge >= 0.3 is 11.9 Å². The van der Waals surface area contributed by atoms with Gasteiger partial charge in [0, 0.05) is 12.8 Å². The molecule has 0 aliphatic heterocycles. The summed E-state index contributed by atoms with van der Waals surface area (Å²) in [5, 5.41) is 16.1. The van der Waals surface area contributed by atoms with Gasteiger partial charge in [0.2, 0.25) is 11.8 Å². The summed E-state index contributed by atoms with van der Waals surface area (Å²) in [5.74, 6) is -2.83. The molecule has 0 aromatic heterocycles. The molecule has 0 heterocycles.